The summed E-state index contributed by atoms with van der Waals surface area (Å²) in [6.45, 7) is 1.95. The largest absolute Gasteiger partial charge is 0.507 e. The third kappa shape index (κ3) is 4.31. The second-order valence-electron chi connectivity index (χ2n) is 9.11. The number of carboxylic acids is 1. The summed E-state index contributed by atoms with van der Waals surface area (Å²) in [5.41, 5.74) is 2.69. The standard InChI is InChI=1S/C29H25NO7/c1-16-12-19-14-23(36-2)21(15-22(19)37-16)26-25(27(33)18-6-4-3-5-7-18)28(34)29(35)30(26)20-10-8-17(9-11-20)13-24(31)32/h3-11,14-16,26,33H,12-13H2,1-2H3,(H,31,32)/b27-25+. The van der Waals surface area contributed by atoms with E-state index in [4.69, 9.17) is 14.6 Å². The molecule has 2 atom stereocenters. The number of fused-ring (bicyclic) bond motifs is 1. The van der Waals surface area contributed by atoms with Gasteiger partial charge in [0.15, 0.2) is 0 Å². The summed E-state index contributed by atoms with van der Waals surface area (Å²) in [6, 6.07) is 17.5. The van der Waals surface area contributed by atoms with Gasteiger partial charge in [-0.3, -0.25) is 19.3 Å². The number of aliphatic hydroxyl groups excluding tert-OH is 1. The zero-order valence-corrected chi connectivity index (χ0v) is 20.3. The van der Waals surface area contributed by atoms with Gasteiger partial charge in [-0.05, 0) is 36.8 Å². The van der Waals surface area contributed by atoms with Gasteiger partial charge in [-0.15, -0.1) is 0 Å². The van der Waals surface area contributed by atoms with E-state index in [1.807, 2.05) is 13.0 Å². The first kappa shape index (κ1) is 24.1. The minimum atomic E-state index is -1.01. The van der Waals surface area contributed by atoms with Gasteiger partial charge in [-0.1, -0.05) is 42.5 Å². The number of aliphatic hydroxyl groups is 1. The van der Waals surface area contributed by atoms with Crippen LogP contribution in [0.25, 0.3) is 5.76 Å². The fourth-order valence-corrected chi connectivity index (χ4v) is 4.94. The SMILES string of the molecule is COc1cc2c(cc1C1/C(=C(\O)c3ccccc3)C(=O)C(=O)N1c1ccc(CC(=O)O)cc1)OC(C)C2. The topological polar surface area (TPSA) is 113 Å². The monoisotopic (exact) mass is 499 g/mol. The number of hydrogen-bond acceptors (Lipinski definition) is 6. The third-order valence-electron chi connectivity index (χ3n) is 6.60. The zero-order valence-electron chi connectivity index (χ0n) is 20.3. The number of aliphatic carboxylic acids is 1. The van der Waals surface area contributed by atoms with Crippen LogP contribution in [0.2, 0.25) is 0 Å². The lowest BCUT2D eigenvalue weighted by Gasteiger charge is -2.27. The minimum Gasteiger partial charge on any atom is -0.507 e. The first-order chi connectivity index (χ1) is 17.8. The molecule has 8 nitrogen and oxygen atoms in total. The Bertz CT molecular complexity index is 1430. The first-order valence-electron chi connectivity index (χ1n) is 11.8. The number of Topliss-reactive ketones (excluding diaryl/α,β-unsaturated/α-hetero) is 1. The Morgan fingerprint density at radius 1 is 1.05 bits per heavy atom. The van der Waals surface area contributed by atoms with Crippen molar-refractivity contribution in [2.75, 3.05) is 12.0 Å². The third-order valence-corrected chi connectivity index (χ3v) is 6.60. The van der Waals surface area contributed by atoms with Crippen LogP contribution in [-0.2, 0) is 27.2 Å². The van der Waals surface area contributed by atoms with E-state index in [1.165, 1.54) is 12.0 Å². The number of carboxylic acid groups (broad SMARTS) is 1. The predicted molar refractivity (Wildman–Crippen MR) is 136 cm³/mol. The molecule has 2 N–H and O–H groups in total. The molecule has 0 radical (unpaired) electrons. The molecule has 2 heterocycles. The molecule has 3 aromatic rings. The number of carbonyl (C=O) groups excluding carboxylic acids is 2. The van der Waals surface area contributed by atoms with Gasteiger partial charge in [-0.25, -0.2) is 0 Å². The average molecular weight is 500 g/mol. The molecule has 5 rings (SSSR count). The Labute approximate surface area is 213 Å². The maximum absolute atomic E-state index is 13.4. The van der Waals surface area contributed by atoms with Crippen molar-refractivity contribution in [3.8, 4) is 11.5 Å². The van der Waals surface area contributed by atoms with Gasteiger partial charge in [0, 0.05) is 28.8 Å². The Morgan fingerprint density at radius 3 is 2.41 bits per heavy atom. The minimum absolute atomic E-state index is 0.0348. The van der Waals surface area contributed by atoms with Gasteiger partial charge in [0.25, 0.3) is 11.7 Å². The molecule has 1 amide bonds. The summed E-state index contributed by atoms with van der Waals surface area (Å²) in [5.74, 6) is -1.85. The van der Waals surface area contributed by atoms with Crippen molar-refractivity contribution in [2.45, 2.75) is 31.9 Å². The molecule has 8 heteroatoms. The second kappa shape index (κ2) is 9.46. The van der Waals surface area contributed by atoms with Gasteiger partial charge < -0.3 is 19.7 Å². The number of amides is 1. The molecule has 1 fully saturated rings. The molecule has 2 aliphatic heterocycles. The van der Waals surface area contributed by atoms with Crippen molar-refractivity contribution < 1.29 is 34.1 Å². The van der Waals surface area contributed by atoms with Crippen molar-refractivity contribution in [3.63, 3.8) is 0 Å². The lowest BCUT2D eigenvalue weighted by Crippen LogP contribution is -2.29. The first-order valence-corrected chi connectivity index (χ1v) is 11.8. The fourth-order valence-electron chi connectivity index (χ4n) is 4.94. The number of hydrogen-bond donors (Lipinski definition) is 2. The number of benzene rings is 3. The van der Waals surface area contributed by atoms with Crippen LogP contribution in [0.5, 0.6) is 11.5 Å². The van der Waals surface area contributed by atoms with Crippen LogP contribution in [0.3, 0.4) is 0 Å². The molecule has 3 aromatic carbocycles. The van der Waals surface area contributed by atoms with Crippen LogP contribution in [0, 0.1) is 0 Å². The molecule has 0 spiro atoms. The highest BCUT2D eigenvalue weighted by atomic mass is 16.5. The van der Waals surface area contributed by atoms with E-state index >= 15 is 0 Å². The molecule has 37 heavy (non-hydrogen) atoms. The molecule has 0 saturated carbocycles. The summed E-state index contributed by atoms with van der Waals surface area (Å²) in [6.07, 6.45) is 0.485. The maximum atomic E-state index is 13.4. The number of carbonyl (C=O) groups is 3. The molecular formula is C29H25NO7. The molecule has 1 saturated heterocycles. The van der Waals surface area contributed by atoms with E-state index < -0.39 is 23.7 Å². The second-order valence-corrected chi connectivity index (χ2v) is 9.11. The normalized spacial score (nSPS) is 20.0. The van der Waals surface area contributed by atoms with Gasteiger partial charge in [0.05, 0.1) is 25.1 Å². The van der Waals surface area contributed by atoms with Crippen molar-refractivity contribution in [2.24, 2.45) is 0 Å². The Hall–Kier alpha value is -4.59. The molecule has 188 valence electrons. The number of methoxy groups -OCH3 is 1. The number of ketones is 1. The van der Waals surface area contributed by atoms with Gasteiger partial charge in [0.2, 0.25) is 0 Å². The van der Waals surface area contributed by atoms with Gasteiger partial charge >= 0.3 is 5.97 Å². The van der Waals surface area contributed by atoms with E-state index in [9.17, 15) is 19.5 Å². The molecule has 2 unspecified atom stereocenters. The summed E-state index contributed by atoms with van der Waals surface area (Å²) in [5, 5.41) is 20.4. The van der Waals surface area contributed by atoms with Crippen LogP contribution < -0.4 is 14.4 Å². The van der Waals surface area contributed by atoms with Crippen molar-refractivity contribution >= 4 is 29.1 Å². The fraction of sp³-hybridized carbons (Fsp3) is 0.207. The van der Waals surface area contributed by atoms with E-state index in [2.05, 4.69) is 0 Å². The van der Waals surface area contributed by atoms with E-state index in [-0.39, 0.29) is 23.9 Å². The Kier molecular flexibility index (Phi) is 6.17. The van der Waals surface area contributed by atoms with Crippen LogP contribution in [-0.4, -0.2) is 41.1 Å². The van der Waals surface area contributed by atoms with E-state index in [0.717, 1.165) is 5.56 Å². The van der Waals surface area contributed by atoms with Crippen LogP contribution >= 0.6 is 0 Å². The van der Waals surface area contributed by atoms with Crippen molar-refractivity contribution in [1.29, 1.82) is 0 Å². The average Bonchev–Trinajstić information content (AvgIpc) is 3.38. The molecule has 0 aromatic heterocycles. The highest BCUT2D eigenvalue weighted by Crippen LogP contribution is 2.47. The van der Waals surface area contributed by atoms with E-state index in [1.54, 1.807) is 60.7 Å². The quantitative estimate of drug-likeness (QED) is 0.296. The van der Waals surface area contributed by atoms with Gasteiger partial charge in [-0.2, -0.15) is 0 Å². The Morgan fingerprint density at radius 2 is 1.76 bits per heavy atom. The number of nitrogens with zero attached hydrogens (tertiary/aromatic N) is 1. The zero-order chi connectivity index (χ0) is 26.3. The lowest BCUT2D eigenvalue weighted by atomic mass is 9.93. The lowest BCUT2D eigenvalue weighted by molar-refractivity contribution is -0.136. The summed E-state index contributed by atoms with van der Waals surface area (Å²) >= 11 is 0. The highest BCUT2D eigenvalue weighted by molar-refractivity contribution is 6.51. The predicted octanol–water partition coefficient (Wildman–Crippen LogP) is 4.27. The molecular weight excluding hydrogens is 474 g/mol. The molecule has 2 aliphatic rings. The number of rotatable bonds is 6. The maximum Gasteiger partial charge on any atom is 0.307 e. The molecule has 0 bridgehead atoms. The summed E-state index contributed by atoms with van der Waals surface area (Å²) in [4.78, 5) is 39.3. The van der Waals surface area contributed by atoms with Crippen LogP contribution in [0.1, 0.15) is 35.2 Å². The molecule has 0 aliphatic carbocycles. The number of ether oxygens (including phenoxy) is 2. The Balaban J connectivity index is 1.72. The smallest absolute Gasteiger partial charge is 0.307 e. The van der Waals surface area contributed by atoms with Crippen LogP contribution in [0.15, 0.2) is 72.3 Å². The summed E-state index contributed by atoms with van der Waals surface area (Å²) < 4.78 is 11.7. The van der Waals surface area contributed by atoms with Crippen LogP contribution in [0.4, 0.5) is 5.69 Å². The van der Waals surface area contributed by atoms with E-state index in [0.29, 0.717) is 40.3 Å². The summed E-state index contributed by atoms with van der Waals surface area (Å²) in [7, 11) is 1.51. The van der Waals surface area contributed by atoms with Crippen molar-refractivity contribution in [3.05, 3.63) is 94.6 Å². The van der Waals surface area contributed by atoms with Crippen molar-refractivity contribution in [1.82, 2.24) is 0 Å². The number of anilines is 1. The highest BCUT2D eigenvalue weighted by Gasteiger charge is 2.48. The van der Waals surface area contributed by atoms with Gasteiger partial charge in [0.1, 0.15) is 23.4 Å².